The number of amides is 1. The van der Waals surface area contributed by atoms with Crippen LogP contribution in [-0.4, -0.2) is 52.5 Å². The number of rotatable bonds is 4. The average Bonchev–Trinajstić information content (AvgIpc) is 3.20. The van der Waals surface area contributed by atoms with Gasteiger partial charge in [0.1, 0.15) is 11.9 Å². The highest BCUT2D eigenvalue weighted by Crippen LogP contribution is 2.39. The number of aromatic nitrogens is 2. The summed E-state index contributed by atoms with van der Waals surface area (Å²) in [5.41, 5.74) is 0. The molecular formula is C12H18N4O2S. The van der Waals surface area contributed by atoms with Gasteiger partial charge in [0.25, 0.3) is 0 Å². The van der Waals surface area contributed by atoms with Crippen molar-refractivity contribution >= 4 is 22.6 Å². The maximum Gasteiger partial charge on any atom is 0.244 e. The number of anilines is 1. The summed E-state index contributed by atoms with van der Waals surface area (Å²) in [6, 6.07) is -0.266. The van der Waals surface area contributed by atoms with Crippen molar-refractivity contribution in [2.75, 3.05) is 31.6 Å². The summed E-state index contributed by atoms with van der Waals surface area (Å²) < 4.78 is 9.58. The molecule has 1 saturated heterocycles. The van der Waals surface area contributed by atoms with Crippen LogP contribution < -0.4 is 5.32 Å². The molecule has 1 aliphatic heterocycles. The topological polar surface area (TPSA) is 67.4 Å². The Morgan fingerprint density at radius 2 is 2.21 bits per heavy atom. The van der Waals surface area contributed by atoms with E-state index in [-0.39, 0.29) is 11.9 Å². The molecule has 1 N–H and O–H groups in total. The Morgan fingerprint density at radius 3 is 2.89 bits per heavy atom. The zero-order valence-electron chi connectivity index (χ0n) is 11.0. The Hall–Kier alpha value is -1.21. The standard InChI is InChI=1S/C12H18N4O2S/c1-8(11(17)16-4-6-18-7-5-16)13-12-14-10(15-19-12)9-2-3-9/h8-9H,2-7H2,1H3,(H,13,14,15). The summed E-state index contributed by atoms with van der Waals surface area (Å²) in [7, 11) is 0. The minimum absolute atomic E-state index is 0.103. The number of carbonyl (C=O) groups is 1. The van der Waals surface area contributed by atoms with Crippen LogP contribution in [-0.2, 0) is 9.53 Å². The van der Waals surface area contributed by atoms with Crippen LogP contribution in [0.4, 0.5) is 5.13 Å². The van der Waals surface area contributed by atoms with E-state index in [1.54, 1.807) is 0 Å². The molecule has 1 amide bonds. The predicted molar refractivity (Wildman–Crippen MR) is 72.4 cm³/mol. The number of hydrogen-bond donors (Lipinski definition) is 1. The minimum atomic E-state index is -0.266. The van der Waals surface area contributed by atoms with Crippen LogP contribution in [0.2, 0.25) is 0 Å². The molecule has 6 nitrogen and oxygen atoms in total. The molecule has 7 heteroatoms. The number of hydrogen-bond acceptors (Lipinski definition) is 6. The third kappa shape index (κ3) is 3.03. The molecule has 1 saturated carbocycles. The molecule has 3 rings (SSSR count). The van der Waals surface area contributed by atoms with E-state index >= 15 is 0 Å². The maximum atomic E-state index is 12.2. The zero-order valence-corrected chi connectivity index (χ0v) is 11.8. The Morgan fingerprint density at radius 1 is 1.47 bits per heavy atom. The van der Waals surface area contributed by atoms with Gasteiger partial charge in [0.05, 0.1) is 13.2 Å². The molecule has 1 unspecified atom stereocenters. The fourth-order valence-corrected chi connectivity index (χ4v) is 2.84. The lowest BCUT2D eigenvalue weighted by atomic mass is 10.2. The first-order valence-corrected chi connectivity index (χ1v) is 7.48. The van der Waals surface area contributed by atoms with Crippen LogP contribution in [0.25, 0.3) is 0 Å². The van der Waals surface area contributed by atoms with E-state index in [9.17, 15) is 4.79 Å². The second-order valence-corrected chi connectivity index (χ2v) is 5.79. The Labute approximate surface area is 116 Å². The summed E-state index contributed by atoms with van der Waals surface area (Å²) in [6.45, 7) is 4.48. The van der Waals surface area contributed by atoms with E-state index in [1.807, 2.05) is 11.8 Å². The van der Waals surface area contributed by atoms with Crippen LogP contribution in [0, 0.1) is 0 Å². The molecule has 1 aliphatic carbocycles. The highest BCUT2D eigenvalue weighted by Gasteiger charge is 2.28. The molecule has 2 heterocycles. The first-order chi connectivity index (χ1) is 9.24. The van der Waals surface area contributed by atoms with Gasteiger partial charge in [-0.3, -0.25) is 4.79 Å². The highest BCUT2D eigenvalue weighted by atomic mass is 32.1. The van der Waals surface area contributed by atoms with Gasteiger partial charge in [-0.15, -0.1) is 0 Å². The molecule has 104 valence electrons. The summed E-state index contributed by atoms with van der Waals surface area (Å²) in [5, 5.41) is 3.90. The number of nitrogens with one attached hydrogen (secondary N) is 1. The van der Waals surface area contributed by atoms with Crippen molar-refractivity contribution in [1.82, 2.24) is 14.3 Å². The Kier molecular flexibility index (Phi) is 3.65. The van der Waals surface area contributed by atoms with Crippen molar-refractivity contribution in [3.8, 4) is 0 Å². The van der Waals surface area contributed by atoms with Gasteiger partial charge in [0.2, 0.25) is 11.0 Å². The largest absolute Gasteiger partial charge is 0.378 e. The van der Waals surface area contributed by atoms with E-state index in [2.05, 4.69) is 14.7 Å². The second kappa shape index (κ2) is 5.42. The minimum Gasteiger partial charge on any atom is -0.378 e. The number of carbonyl (C=O) groups excluding carboxylic acids is 1. The normalized spacial score (nSPS) is 21.2. The van der Waals surface area contributed by atoms with E-state index in [4.69, 9.17) is 4.74 Å². The molecule has 0 radical (unpaired) electrons. The van der Waals surface area contributed by atoms with Gasteiger partial charge in [-0.25, -0.2) is 4.98 Å². The molecule has 1 aromatic heterocycles. The van der Waals surface area contributed by atoms with Crippen molar-refractivity contribution in [2.24, 2.45) is 0 Å². The van der Waals surface area contributed by atoms with Crippen molar-refractivity contribution in [3.05, 3.63) is 5.82 Å². The Bertz CT molecular complexity index is 454. The summed E-state index contributed by atoms with van der Waals surface area (Å²) in [4.78, 5) is 18.5. The van der Waals surface area contributed by atoms with Crippen LogP contribution in [0.3, 0.4) is 0 Å². The van der Waals surface area contributed by atoms with Gasteiger partial charge in [0, 0.05) is 30.5 Å². The first kappa shape index (κ1) is 12.8. The predicted octanol–water partition coefficient (Wildman–Crippen LogP) is 1.07. The van der Waals surface area contributed by atoms with Crippen molar-refractivity contribution in [2.45, 2.75) is 31.7 Å². The van der Waals surface area contributed by atoms with Crippen molar-refractivity contribution < 1.29 is 9.53 Å². The van der Waals surface area contributed by atoms with E-state index < -0.39 is 0 Å². The first-order valence-electron chi connectivity index (χ1n) is 6.70. The third-order valence-electron chi connectivity index (χ3n) is 3.42. The summed E-state index contributed by atoms with van der Waals surface area (Å²) >= 11 is 1.34. The van der Waals surface area contributed by atoms with E-state index in [0.717, 1.165) is 11.0 Å². The van der Waals surface area contributed by atoms with Gasteiger partial charge < -0.3 is 15.0 Å². The van der Waals surface area contributed by atoms with Crippen molar-refractivity contribution in [1.29, 1.82) is 0 Å². The molecular weight excluding hydrogens is 264 g/mol. The van der Waals surface area contributed by atoms with Gasteiger partial charge >= 0.3 is 0 Å². The van der Waals surface area contributed by atoms with E-state index in [0.29, 0.717) is 32.2 Å². The fourth-order valence-electron chi connectivity index (χ4n) is 2.11. The van der Waals surface area contributed by atoms with Crippen molar-refractivity contribution in [3.63, 3.8) is 0 Å². The van der Waals surface area contributed by atoms with Crippen LogP contribution >= 0.6 is 11.5 Å². The van der Waals surface area contributed by atoms with Gasteiger partial charge in [-0.2, -0.15) is 4.37 Å². The second-order valence-electron chi connectivity index (χ2n) is 5.04. The molecule has 1 atom stereocenters. The SMILES string of the molecule is CC(Nc1nc(C2CC2)ns1)C(=O)N1CCOCC1. The number of nitrogens with zero attached hydrogens (tertiary/aromatic N) is 3. The number of morpholine rings is 1. The van der Waals surface area contributed by atoms with Crippen LogP contribution in [0.1, 0.15) is 31.5 Å². The monoisotopic (exact) mass is 282 g/mol. The van der Waals surface area contributed by atoms with Gasteiger partial charge in [-0.05, 0) is 19.8 Å². The fraction of sp³-hybridized carbons (Fsp3) is 0.750. The Balaban J connectivity index is 1.56. The summed E-state index contributed by atoms with van der Waals surface area (Å²) in [6.07, 6.45) is 2.39. The quantitative estimate of drug-likeness (QED) is 0.895. The number of ether oxygens (including phenoxy) is 1. The smallest absolute Gasteiger partial charge is 0.244 e. The van der Waals surface area contributed by atoms with Gasteiger partial charge in [0.15, 0.2) is 0 Å². The van der Waals surface area contributed by atoms with Crippen LogP contribution in [0.5, 0.6) is 0 Å². The molecule has 2 fully saturated rings. The molecule has 0 aromatic carbocycles. The summed E-state index contributed by atoms with van der Waals surface area (Å²) in [5.74, 6) is 1.59. The third-order valence-corrected chi connectivity index (χ3v) is 4.08. The maximum absolute atomic E-state index is 12.2. The lowest BCUT2D eigenvalue weighted by Crippen LogP contribution is -2.46. The molecule has 19 heavy (non-hydrogen) atoms. The highest BCUT2D eigenvalue weighted by molar-refractivity contribution is 7.09. The molecule has 1 aromatic rings. The molecule has 0 bridgehead atoms. The molecule has 0 spiro atoms. The van der Waals surface area contributed by atoms with Crippen LogP contribution in [0.15, 0.2) is 0 Å². The molecule has 2 aliphatic rings. The lowest BCUT2D eigenvalue weighted by Gasteiger charge is -2.29. The average molecular weight is 282 g/mol. The lowest BCUT2D eigenvalue weighted by molar-refractivity contribution is -0.135. The van der Waals surface area contributed by atoms with E-state index in [1.165, 1.54) is 24.4 Å². The van der Waals surface area contributed by atoms with Gasteiger partial charge in [-0.1, -0.05) is 0 Å². The zero-order chi connectivity index (χ0) is 13.2.